The largest absolute Gasteiger partial charge is 0.363 e. The lowest BCUT2D eigenvalue weighted by Gasteiger charge is -2.47. The summed E-state index contributed by atoms with van der Waals surface area (Å²) >= 11 is 1.93. The highest BCUT2D eigenvalue weighted by Crippen LogP contribution is 2.44. The Morgan fingerprint density at radius 1 is 0.976 bits per heavy atom. The van der Waals surface area contributed by atoms with Gasteiger partial charge in [0.2, 0.25) is 14.2 Å². The van der Waals surface area contributed by atoms with Gasteiger partial charge in [0, 0.05) is 23.7 Å². The average molecular weight is 612 g/mol. The van der Waals surface area contributed by atoms with Gasteiger partial charge in [0.05, 0.1) is 25.4 Å². The highest BCUT2D eigenvalue weighted by Gasteiger charge is 2.53. The molecule has 0 aliphatic carbocycles. The Hall–Kier alpha value is -1.10. The molecule has 0 aromatic carbocycles. The van der Waals surface area contributed by atoms with E-state index in [9.17, 15) is 9.59 Å². The van der Waals surface area contributed by atoms with E-state index in [0.29, 0.717) is 32.5 Å². The molecule has 4 atom stereocenters. The molecule has 7 nitrogen and oxygen atoms in total. The molecular weight excluding hydrogens is 558 g/mol. The molecule has 0 unspecified atom stereocenters. The number of ketones is 2. The lowest BCUT2D eigenvalue weighted by atomic mass is 9.69. The van der Waals surface area contributed by atoms with Gasteiger partial charge in [0.1, 0.15) is 17.5 Å². The first-order chi connectivity index (χ1) is 20.1. The molecule has 2 rings (SSSR count). The second-order valence-electron chi connectivity index (χ2n) is 11.6. The standard InChI is InChI=1S/C15H24BO3S.C13H22BO3S.C2H4O/c1-6-8-12-9-11(7-2)13(17)15(5,19-12)14(3,4)10-18-20-16;1-5-6-10-7-8-11(15)13(4,17-10)12(2,3)9-16-18-14;1-2-3/h6-7,12,16H,1,8-10H2,2-5H3;5,10,14H,1,6-9H2,2-4H3;2H,1H3/b11-7+;;/t12-,15-;10-,13-;/m11./s1/i16T;14T;. The van der Waals surface area contributed by atoms with Crippen LogP contribution in [0.25, 0.3) is 0 Å². The van der Waals surface area contributed by atoms with Gasteiger partial charge in [-0.25, -0.2) is 0 Å². The van der Waals surface area contributed by atoms with Crippen LogP contribution in [0.1, 0.15) is 87.5 Å². The minimum absolute atomic E-state index is 0.0266. The van der Waals surface area contributed by atoms with E-state index in [1.807, 2.05) is 66.7 Å². The van der Waals surface area contributed by atoms with Crippen molar-refractivity contribution < 1.29 is 32.2 Å². The van der Waals surface area contributed by atoms with E-state index in [-0.39, 0.29) is 23.8 Å². The topological polar surface area (TPSA) is 88.1 Å². The highest BCUT2D eigenvalue weighted by atomic mass is 32.2. The monoisotopic (exact) mass is 612 g/mol. The zero-order chi connectivity index (χ0) is 33.3. The Bertz CT molecular complexity index is 951. The Morgan fingerprint density at radius 3 is 1.90 bits per heavy atom. The summed E-state index contributed by atoms with van der Waals surface area (Å²) in [7, 11) is 2.25. The van der Waals surface area contributed by atoms with Crippen LogP contribution in [0.4, 0.5) is 0 Å². The predicted molar refractivity (Wildman–Crippen MR) is 174 cm³/mol. The normalized spacial score (nSPS) is 28.1. The average Bonchev–Trinajstić information content (AvgIpc) is 2.94. The summed E-state index contributed by atoms with van der Waals surface area (Å²) in [6.45, 7) is 23.0. The van der Waals surface area contributed by atoms with Crippen LogP contribution in [0.2, 0.25) is 0 Å². The fourth-order valence-electron chi connectivity index (χ4n) is 4.62. The molecule has 0 amide bonds. The van der Waals surface area contributed by atoms with Gasteiger partial charge in [-0.3, -0.25) is 9.59 Å². The van der Waals surface area contributed by atoms with Crippen molar-refractivity contribution in [2.24, 2.45) is 10.8 Å². The number of hydrogen-bond acceptors (Lipinski definition) is 9. The zero-order valence-corrected chi connectivity index (χ0v) is 27.8. The zero-order valence-electron chi connectivity index (χ0n) is 28.2. The van der Waals surface area contributed by atoms with Gasteiger partial charge in [-0.1, -0.05) is 69.7 Å². The van der Waals surface area contributed by atoms with Gasteiger partial charge in [-0.05, 0) is 55.2 Å². The summed E-state index contributed by atoms with van der Waals surface area (Å²) in [6, 6.07) is 0. The second-order valence-corrected chi connectivity index (χ2v) is 12.5. The molecule has 2 saturated heterocycles. The maximum absolute atomic E-state index is 12.8. The Kier molecular flexibility index (Phi) is 16.3. The maximum atomic E-state index is 12.8. The number of rotatable bonds is 14. The van der Waals surface area contributed by atoms with E-state index in [1.165, 1.54) is 6.92 Å². The minimum Gasteiger partial charge on any atom is -0.363 e. The molecule has 0 aromatic rings. The van der Waals surface area contributed by atoms with E-state index in [2.05, 4.69) is 13.2 Å². The molecule has 2 heterocycles. The molecule has 0 spiro atoms. The van der Waals surface area contributed by atoms with Crippen molar-refractivity contribution in [3.63, 3.8) is 0 Å². The summed E-state index contributed by atoms with van der Waals surface area (Å²) < 4.78 is 36.8. The minimum atomic E-state index is -0.941. The molecule has 0 bridgehead atoms. The first-order valence-corrected chi connectivity index (χ1v) is 15.4. The SMILES string of the molecule is CC=O.[3H][B]SOCC(C)(C)[C@]1(C)O[C@H](CC=C)C/C(=C\C)C1=O.[3H][B]SOCC(C)(C)[C@]1(C)O[C@H](CC=C)CCC1=O. The van der Waals surface area contributed by atoms with Crippen molar-refractivity contribution in [2.45, 2.75) is 111 Å². The van der Waals surface area contributed by atoms with Crippen LogP contribution in [0.5, 0.6) is 0 Å². The molecule has 2 aliphatic rings. The summed E-state index contributed by atoms with van der Waals surface area (Å²) in [5, 5.41) is 0. The van der Waals surface area contributed by atoms with Crippen LogP contribution >= 0.6 is 23.8 Å². The maximum Gasteiger partial charge on any atom is 0.209 e. The van der Waals surface area contributed by atoms with Crippen LogP contribution in [0, 0.1) is 10.8 Å². The Labute approximate surface area is 262 Å². The number of carbonyl (C=O) groups is 3. The van der Waals surface area contributed by atoms with Gasteiger partial charge in [-0.2, -0.15) is 0 Å². The fourth-order valence-corrected chi connectivity index (χ4v) is 5.35. The number of ether oxygens (including phenoxy) is 2. The van der Waals surface area contributed by atoms with Crippen LogP contribution in [0.3, 0.4) is 0 Å². The number of carbonyl (C=O) groups excluding carboxylic acids is 3. The van der Waals surface area contributed by atoms with Crippen molar-refractivity contribution in [3.05, 3.63) is 37.0 Å². The molecule has 11 heteroatoms. The quantitative estimate of drug-likeness (QED) is 0.0593. The van der Waals surface area contributed by atoms with E-state index < -0.39 is 22.0 Å². The number of allylic oxidation sites excluding steroid dienone is 1. The third kappa shape index (κ3) is 10.8. The van der Waals surface area contributed by atoms with Gasteiger partial charge in [0.25, 0.3) is 0 Å². The van der Waals surface area contributed by atoms with Crippen molar-refractivity contribution in [3.8, 4) is 0 Å². The summed E-state index contributed by atoms with van der Waals surface area (Å²) in [4.78, 5) is 33.9. The first kappa shape index (κ1) is 36.1. The number of aldehydes is 1. The second kappa shape index (κ2) is 18.5. The third-order valence-corrected chi connectivity index (χ3v) is 8.48. The van der Waals surface area contributed by atoms with Crippen LogP contribution < -0.4 is 0 Å². The molecule has 0 N–H and O–H groups in total. The molecular formula is C30H50B2O7S2. The van der Waals surface area contributed by atoms with Crippen LogP contribution in [-0.4, -0.2) is 71.3 Å². The summed E-state index contributed by atoms with van der Waals surface area (Å²) in [5.74, 6) is 0.153. The fraction of sp³-hybridized carbons (Fsp3) is 0.700. The first-order valence-electron chi connectivity index (χ1n) is 14.9. The molecule has 2 radical (unpaired) electrons. The number of Topliss-reactive ketones (excluding diaryl/α,β-unsaturated/α-hetero) is 2. The van der Waals surface area contributed by atoms with Crippen molar-refractivity contribution in [1.82, 2.24) is 0 Å². The molecule has 230 valence electrons. The number of hydrogen-bond donors (Lipinski definition) is 0. The highest BCUT2D eigenvalue weighted by molar-refractivity contribution is 8.16. The van der Waals surface area contributed by atoms with Gasteiger partial charge < -0.3 is 22.6 Å². The smallest absolute Gasteiger partial charge is 0.209 e. The molecule has 41 heavy (non-hydrogen) atoms. The lowest BCUT2D eigenvalue weighted by molar-refractivity contribution is -0.189. The Balaban J connectivity index is 0.000000754. The van der Waals surface area contributed by atoms with Crippen molar-refractivity contribution in [2.75, 3.05) is 13.2 Å². The van der Waals surface area contributed by atoms with E-state index in [0.717, 1.165) is 62.7 Å². The predicted octanol–water partition coefficient (Wildman–Crippen LogP) is 5.91. The molecule has 0 aromatic heterocycles. The third-order valence-electron chi connectivity index (χ3n) is 7.97. The van der Waals surface area contributed by atoms with Crippen molar-refractivity contribution in [1.29, 1.82) is 2.67 Å². The van der Waals surface area contributed by atoms with Gasteiger partial charge in [-0.15, -0.1) is 13.2 Å². The Morgan fingerprint density at radius 2 is 1.44 bits per heavy atom. The van der Waals surface area contributed by atoms with Gasteiger partial charge in [0.15, 0.2) is 11.6 Å². The van der Waals surface area contributed by atoms with E-state index >= 15 is 0 Å². The molecule has 2 fully saturated rings. The summed E-state index contributed by atoms with van der Waals surface area (Å²) in [5.41, 5.74) is -1.93. The molecule has 0 saturated carbocycles. The van der Waals surface area contributed by atoms with Crippen LogP contribution in [0.15, 0.2) is 37.0 Å². The van der Waals surface area contributed by atoms with Gasteiger partial charge >= 0.3 is 0 Å². The summed E-state index contributed by atoms with van der Waals surface area (Å²) in [6.07, 6.45) is 9.69. The van der Waals surface area contributed by atoms with E-state index in [1.54, 1.807) is 0 Å². The van der Waals surface area contributed by atoms with Crippen LogP contribution in [-0.2, 0) is 32.2 Å². The van der Waals surface area contributed by atoms with E-state index in [4.69, 9.17) is 25.3 Å². The lowest BCUT2D eigenvalue weighted by Crippen LogP contribution is -2.58. The van der Waals surface area contributed by atoms with Crippen molar-refractivity contribution >= 4 is 55.8 Å². The molecule has 2 aliphatic heterocycles.